The molecule has 0 amide bonds. The molecular formula is C14H11F5N6O2S. The van der Waals surface area contributed by atoms with E-state index in [0.717, 1.165) is 16.8 Å². The molecule has 0 unspecified atom stereocenters. The topological polar surface area (TPSA) is 130 Å². The van der Waals surface area contributed by atoms with E-state index >= 15 is 0 Å². The second-order valence-electron chi connectivity index (χ2n) is 5.82. The number of sulfonamides is 1. The van der Waals surface area contributed by atoms with Crippen molar-refractivity contribution >= 4 is 26.9 Å². The molecule has 0 fully saturated rings. The summed E-state index contributed by atoms with van der Waals surface area (Å²) in [7, 11) is -4.00. The minimum absolute atomic E-state index is 0.0563. The van der Waals surface area contributed by atoms with Crippen molar-refractivity contribution in [2.24, 2.45) is 5.14 Å². The predicted octanol–water partition coefficient (Wildman–Crippen LogP) is 2.18. The van der Waals surface area contributed by atoms with Crippen molar-refractivity contribution in [3.8, 4) is 5.69 Å². The lowest BCUT2D eigenvalue weighted by Gasteiger charge is -2.12. The molecule has 0 atom stereocenters. The van der Waals surface area contributed by atoms with Crippen LogP contribution in [0.2, 0.25) is 0 Å². The van der Waals surface area contributed by atoms with Gasteiger partial charge < -0.3 is 5.73 Å². The van der Waals surface area contributed by atoms with Gasteiger partial charge in [-0.1, -0.05) is 0 Å². The quantitative estimate of drug-likeness (QED) is 0.623. The SMILES string of the molecule is CC(F)(F)c1nc(C(F)(F)F)c2c(N)n(-c3ccc(S(N)(=O)=O)cc3)nc2n1. The van der Waals surface area contributed by atoms with Crippen LogP contribution in [0.5, 0.6) is 0 Å². The minimum Gasteiger partial charge on any atom is -0.383 e. The summed E-state index contributed by atoms with van der Waals surface area (Å²) in [4.78, 5) is 6.08. The summed E-state index contributed by atoms with van der Waals surface area (Å²) in [5, 5.41) is 7.97. The number of nitrogen functional groups attached to an aromatic ring is 1. The number of nitrogens with two attached hydrogens (primary N) is 2. The number of nitrogens with zero attached hydrogens (tertiary/aromatic N) is 4. The molecule has 0 saturated carbocycles. The Morgan fingerprint density at radius 3 is 2.07 bits per heavy atom. The Bertz CT molecular complexity index is 1170. The predicted molar refractivity (Wildman–Crippen MR) is 87.0 cm³/mol. The molecule has 3 rings (SSSR count). The molecule has 0 aliphatic rings. The lowest BCUT2D eigenvalue weighted by molar-refractivity contribution is -0.140. The van der Waals surface area contributed by atoms with Crippen LogP contribution in [-0.2, 0) is 22.1 Å². The number of rotatable bonds is 3. The van der Waals surface area contributed by atoms with Crippen LogP contribution in [0.25, 0.3) is 16.7 Å². The highest BCUT2D eigenvalue weighted by atomic mass is 32.2. The zero-order valence-corrected chi connectivity index (χ0v) is 14.7. The van der Waals surface area contributed by atoms with Crippen LogP contribution in [-0.4, -0.2) is 28.2 Å². The van der Waals surface area contributed by atoms with Gasteiger partial charge in [-0.05, 0) is 24.3 Å². The van der Waals surface area contributed by atoms with Crippen LogP contribution in [0, 0.1) is 0 Å². The van der Waals surface area contributed by atoms with Crippen molar-refractivity contribution in [3.63, 3.8) is 0 Å². The van der Waals surface area contributed by atoms with E-state index in [2.05, 4.69) is 15.1 Å². The minimum atomic E-state index is -5.10. The second-order valence-corrected chi connectivity index (χ2v) is 7.38. The summed E-state index contributed by atoms with van der Waals surface area (Å²) in [6.07, 6.45) is -5.10. The molecule has 0 radical (unpaired) electrons. The third kappa shape index (κ3) is 3.47. The number of fused-ring (bicyclic) bond motifs is 1. The highest BCUT2D eigenvalue weighted by Crippen LogP contribution is 2.38. The molecule has 0 bridgehead atoms. The van der Waals surface area contributed by atoms with E-state index in [-0.39, 0.29) is 10.6 Å². The summed E-state index contributed by atoms with van der Waals surface area (Å²) in [6, 6.07) is 4.52. The summed E-state index contributed by atoms with van der Waals surface area (Å²) >= 11 is 0. The normalized spacial score (nSPS) is 13.2. The molecular weight excluding hydrogens is 411 g/mol. The summed E-state index contributed by atoms with van der Waals surface area (Å²) in [5.41, 5.74) is 3.46. The van der Waals surface area contributed by atoms with E-state index in [4.69, 9.17) is 10.9 Å². The van der Waals surface area contributed by atoms with Crippen LogP contribution in [0.3, 0.4) is 0 Å². The highest BCUT2D eigenvalue weighted by molar-refractivity contribution is 7.89. The van der Waals surface area contributed by atoms with Gasteiger partial charge in [-0.25, -0.2) is 28.2 Å². The standard InChI is InChI=1S/C14H11F5N6O2S/c1-13(15,16)12-22-9(14(17,18)19)8-10(20)25(24-11(8)23-12)6-2-4-7(5-3-6)28(21,26)27/h2-5H,20H2,1H3,(H2,21,26,27). The fourth-order valence-corrected chi connectivity index (χ4v) is 2.90. The Morgan fingerprint density at radius 2 is 1.61 bits per heavy atom. The van der Waals surface area contributed by atoms with Crippen LogP contribution >= 0.6 is 0 Å². The lowest BCUT2D eigenvalue weighted by Crippen LogP contribution is -2.18. The number of hydrogen-bond donors (Lipinski definition) is 2. The average molecular weight is 422 g/mol. The van der Waals surface area contributed by atoms with Crippen molar-refractivity contribution in [3.05, 3.63) is 35.8 Å². The van der Waals surface area contributed by atoms with Crippen LogP contribution in [0.15, 0.2) is 29.2 Å². The maximum Gasteiger partial charge on any atom is 0.434 e. The largest absolute Gasteiger partial charge is 0.434 e. The molecule has 8 nitrogen and oxygen atoms in total. The lowest BCUT2D eigenvalue weighted by atomic mass is 10.2. The number of primary sulfonamides is 1. The molecule has 0 saturated heterocycles. The van der Waals surface area contributed by atoms with Crippen molar-refractivity contribution in [2.75, 3.05) is 5.73 Å². The van der Waals surface area contributed by atoms with Crippen molar-refractivity contribution < 1.29 is 30.4 Å². The zero-order chi connectivity index (χ0) is 21.1. The van der Waals surface area contributed by atoms with E-state index in [1.165, 1.54) is 12.1 Å². The Hall–Kier alpha value is -2.87. The summed E-state index contributed by atoms with van der Waals surface area (Å²) in [5.74, 6) is -5.66. The third-order valence-corrected chi connectivity index (χ3v) is 4.57. The molecule has 0 aliphatic heterocycles. The van der Waals surface area contributed by atoms with Gasteiger partial charge in [0, 0.05) is 6.92 Å². The van der Waals surface area contributed by atoms with E-state index < -0.39 is 50.5 Å². The summed E-state index contributed by atoms with van der Waals surface area (Å²) in [6.45, 7) is 0.348. The molecule has 0 spiro atoms. The van der Waals surface area contributed by atoms with Gasteiger partial charge in [0.1, 0.15) is 5.82 Å². The van der Waals surface area contributed by atoms with Crippen molar-refractivity contribution in [1.82, 2.24) is 19.7 Å². The van der Waals surface area contributed by atoms with Gasteiger partial charge in [0.05, 0.1) is 16.0 Å². The Kier molecular flexibility index (Phi) is 4.31. The van der Waals surface area contributed by atoms with Gasteiger partial charge in [-0.15, -0.1) is 5.10 Å². The highest BCUT2D eigenvalue weighted by Gasteiger charge is 2.40. The molecule has 150 valence electrons. The monoisotopic (exact) mass is 422 g/mol. The van der Waals surface area contributed by atoms with Crippen LogP contribution < -0.4 is 10.9 Å². The number of benzene rings is 1. The molecule has 2 aromatic heterocycles. The maximum absolute atomic E-state index is 13.5. The molecule has 2 heterocycles. The Balaban J connectivity index is 2.28. The van der Waals surface area contributed by atoms with Gasteiger partial charge in [0.15, 0.2) is 11.3 Å². The first kappa shape index (κ1) is 19.9. The maximum atomic E-state index is 13.5. The first-order valence-electron chi connectivity index (χ1n) is 7.34. The molecule has 0 aliphatic carbocycles. The fourth-order valence-electron chi connectivity index (χ4n) is 2.39. The van der Waals surface area contributed by atoms with Gasteiger partial charge in [-0.2, -0.15) is 22.0 Å². The second kappa shape index (κ2) is 6.07. The van der Waals surface area contributed by atoms with Crippen LogP contribution in [0.1, 0.15) is 18.4 Å². The molecule has 14 heteroatoms. The van der Waals surface area contributed by atoms with Crippen molar-refractivity contribution in [2.45, 2.75) is 23.9 Å². The molecule has 3 aromatic rings. The van der Waals surface area contributed by atoms with E-state index in [9.17, 15) is 30.4 Å². The average Bonchev–Trinajstić information content (AvgIpc) is 2.89. The first-order chi connectivity index (χ1) is 12.7. The van der Waals surface area contributed by atoms with Gasteiger partial charge in [0.2, 0.25) is 15.8 Å². The summed E-state index contributed by atoms with van der Waals surface area (Å²) < 4.78 is 90.5. The Morgan fingerprint density at radius 1 is 1.04 bits per heavy atom. The fraction of sp³-hybridized carbons (Fsp3) is 0.214. The van der Waals surface area contributed by atoms with Gasteiger partial charge in [0.25, 0.3) is 0 Å². The number of alkyl halides is 5. The van der Waals surface area contributed by atoms with Gasteiger partial charge >= 0.3 is 12.1 Å². The van der Waals surface area contributed by atoms with Crippen molar-refractivity contribution in [1.29, 1.82) is 0 Å². The Labute approximate surface area is 154 Å². The molecule has 28 heavy (non-hydrogen) atoms. The number of halogens is 5. The van der Waals surface area contributed by atoms with Gasteiger partial charge in [-0.3, -0.25) is 0 Å². The first-order valence-corrected chi connectivity index (χ1v) is 8.89. The molecule has 4 N–H and O–H groups in total. The van der Waals surface area contributed by atoms with E-state index in [0.29, 0.717) is 6.92 Å². The smallest absolute Gasteiger partial charge is 0.383 e. The third-order valence-electron chi connectivity index (χ3n) is 3.64. The van der Waals surface area contributed by atoms with Crippen LogP contribution in [0.4, 0.5) is 27.8 Å². The zero-order valence-electron chi connectivity index (χ0n) is 13.9. The number of hydrogen-bond acceptors (Lipinski definition) is 6. The number of anilines is 1. The van der Waals surface area contributed by atoms with E-state index in [1.807, 2.05) is 0 Å². The molecule has 1 aromatic carbocycles. The number of aromatic nitrogens is 4. The van der Waals surface area contributed by atoms with E-state index in [1.54, 1.807) is 0 Å².